The van der Waals surface area contributed by atoms with Gasteiger partial charge in [-0.1, -0.05) is 43.0 Å². The lowest BCUT2D eigenvalue weighted by Crippen LogP contribution is -2.56. The fourth-order valence-electron chi connectivity index (χ4n) is 3.93. The first-order valence-corrected chi connectivity index (χ1v) is 10.9. The molecule has 2 aromatic carbocycles. The van der Waals surface area contributed by atoms with Gasteiger partial charge in [-0.25, -0.2) is 9.59 Å². The lowest BCUT2D eigenvalue weighted by molar-refractivity contribution is -0.336. The molecule has 0 radical (unpaired) electrons. The lowest BCUT2D eigenvalue weighted by Gasteiger charge is -2.29. The highest BCUT2D eigenvalue weighted by Gasteiger charge is 2.75. The van der Waals surface area contributed by atoms with Crippen molar-refractivity contribution in [2.75, 3.05) is 26.9 Å². The molecular weight excluding hydrogens is 527 g/mol. The van der Waals surface area contributed by atoms with Gasteiger partial charge < -0.3 is 14.2 Å². The molecule has 0 bridgehead atoms. The normalized spacial score (nSPS) is 15.4. The summed E-state index contributed by atoms with van der Waals surface area (Å²) in [6.45, 7) is 2.40. The summed E-state index contributed by atoms with van der Waals surface area (Å²) in [4.78, 5) is 26.0. The van der Waals surface area contributed by atoms with Crippen molar-refractivity contribution in [3.05, 3.63) is 71.8 Å². The average Bonchev–Trinajstić information content (AvgIpc) is 3.17. The third-order valence-corrected chi connectivity index (χ3v) is 5.68. The van der Waals surface area contributed by atoms with Crippen molar-refractivity contribution in [1.82, 2.24) is 0 Å². The summed E-state index contributed by atoms with van der Waals surface area (Å²) in [6, 6.07) is 9.78. The van der Waals surface area contributed by atoms with Crippen molar-refractivity contribution in [2.45, 2.75) is 23.9 Å². The number of alkyl halides is 7. The highest BCUT2D eigenvalue weighted by atomic mass is 19.4. The average molecular weight is 547 g/mol. The number of carbonyl (C=O) groups excluding carboxylic acids is 2. The van der Waals surface area contributed by atoms with Crippen LogP contribution >= 0.6 is 0 Å². The van der Waals surface area contributed by atoms with Gasteiger partial charge in [0, 0.05) is 24.6 Å². The van der Waals surface area contributed by atoms with E-state index >= 15 is 0 Å². The Morgan fingerprint density at radius 3 is 2.18 bits per heavy atom. The minimum Gasteiger partial charge on any atom is -0.459 e. The van der Waals surface area contributed by atoms with Gasteiger partial charge in [-0.3, -0.25) is 4.99 Å². The van der Waals surface area contributed by atoms with E-state index in [0.29, 0.717) is 23.7 Å². The van der Waals surface area contributed by atoms with E-state index in [-0.39, 0.29) is 25.4 Å². The van der Waals surface area contributed by atoms with Crippen molar-refractivity contribution in [2.24, 2.45) is 4.99 Å². The van der Waals surface area contributed by atoms with Gasteiger partial charge in [-0.15, -0.1) is 0 Å². The largest absolute Gasteiger partial charge is 0.508 e. The van der Waals surface area contributed by atoms with Crippen molar-refractivity contribution >= 4 is 17.8 Å². The standard InChI is InChI=1S/C25H20F7NO5/c1-3-20(34)36-10-11-37-22(35)38-13-19-16-7-5-4-6-15(16)18-12-14(8-9-17(18)19)21(33-2)23(26,27)24(28,29)25(30,31)32/h3-9,12,19H,1,10-11,13H2,2H3/b33-21-. The molecule has 0 saturated heterocycles. The molecule has 0 heterocycles. The Hall–Kier alpha value is -3.90. The van der Waals surface area contributed by atoms with Crippen LogP contribution in [0.5, 0.6) is 0 Å². The third-order valence-electron chi connectivity index (χ3n) is 5.68. The van der Waals surface area contributed by atoms with Crippen molar-refractivity contribution in [3.8, 4) is 11.1 Å². The van der Waals surface area contributed by atoms with E-state index in [0.717, 1.165) is 18.2 Å². The summed E-state index contributed by atoms with van der Waals surface area (Å²) < 4.78 is 109. The molecule has 0 aliphatic heterocycles. The SMILES string of the molecule is C=CC(=O)OCCOC(=O)OCC1c2ccccc2-c2cc(/C(=N/C)C(F)(F)C(F)(F)C(F)(F)F)ccc21. The first-order chi connectivity index (χ1) is 17.8. The Bertz CT molecular complexity index is 1260. The quantitative estimate of drug-likeness (QED) is 0.128. The van der Waals surface area contributed by atoms with E-state index in [1.165, 1.54) is 6.07 Å². The number of fused-ring (bicyclic) bond motifs is 3. The number of hydrogen-bond donors (Lipinski definition) is 0. The van der Waals surface area contributed by atoms with Gasteiger partial charge in [0.1, 0.15) is 25.5 Å². The first kappa shape index (κ1) is 28.7. The van der Waals surface area contributed by atoms with Crippen LogP contribution in [0, 0.1) is 0 Å². The highest BCUT2D eigenvalue weighted by Crippen LogP contribution is 2.49. The van der Waals surface area contributed by atoms with E-state index in [9.17, 15) is 40.3 Å². The summed E-state index contributed by atoms with van der Waals surface area (Å²) in [6.07, 6.45) is -6.67. The third kappa shape index (κ3) is 5.36. The highest BCUT2D eigenvalue weighted by molar-refractivity contribution is 6.07. The molecule has 0 fully saturated rings. The van der Waals surface area contributed by atoms with Crippen LogP contribution < -0.4 is 0 Å². The van der Waals surface area contributed by atoms with Crippen molar-refractivity contribution in [3.63, 3.8) is 0 Å². The Balaban J connectivity index is 1.85. The molecule has 1 aliphatic rings. The van der Waals surface area contributed by atoms with Gasteiger partial charge in [-0.2, -0.15) is 30.7 Å². The van der Waals surface area contributed by atoms with E-state index in [4.69, 9.17) is 9.47 Å². The topological polar surface area (TPSA) is 74.2 Å². The van der Waals surface area contributed by atoms with Gasteiger partial charge in [0.05, 0.1) is 0 Å². The summed E-state index contributed by atoms with van der Waals surface area (Å²) in [5.41, 5.74) is -0.586. The summed E-state index contributed by atoms with van der Waals surface area (Å²) in [7, 11) is 0.692. The zero-order valence-electron chi connectivity index (χ0n) is 19.7. The van der Waals surface area contributed by atoms with E-state index in [2.05, 4.69) is 16.3 Å². The first-order valence-electron chi connectivity index (χ1n) is 10.9. The molecule has 6 nitrogen and oxygen atoms in total. The molecule has 204 valence electrons. The molecule has 1 unspecified atom stereocenters. The van der Waals surface area contributed by atoms with Gasteiger partial charge in [0.25, 0.3) is 0 Å². The number of esters is 1. The molecule has 0 amide bonds. The maximum Gasteiger partial charge on any atom is 0.508 e. The van der Waals surface area contributed by atoms with Crippen molar-refractivity contribution < 1.29 is 54.5 Å². The molecule has 0 spiro atoms. The van der Waals surface area contributed by atoms with Crippen LogP contribution in [-0.2, 0) is 19.0 Å². The van der Waals surface area contributed by atoms with Crippen LogP contribution in [0.15, 0.2) is 60.1 Å². The number of carbonyl (C=O) groups is 2. The maximum atomic E-state index is 14.5. The number of ether oxygens (including phenoxy) is 3. The number of benzene rings is 2. The van der Waals surface area contributed by atoms with E-state index < -0.39 is 47.3 Å². The predicted octanol–water partition coefficient (Wildman–Crippen LogP) is 5.93. The zero-order chi connectivity index (χ0) is 28.3. The second-order valence-electron chi connectivity index (χ2n) is 7.94. The fraction of sp³-hybridized carbons (Fsp3) is 0.320. The zero-order valence-corrected chi connectivity index (χ0v) is 19.7. The molecule has 13 heteroatoms. The minimum atomic E-state index is -6.51. The van der Waals surface area contributed by atoms with Crippen LogP contribution in [0.1, 0.15) is 22.6 Å². The number of halogens is 7. The van der Waals surface area contributed by atoms with Crippen LogP contribution in [0.4, 0.5) is 35.5 Å². The lowest BCUT2D eigenvalue weighted by atomic mass is 9.93. The molecule has 0 aromatic heterocycles. The second-order valence-corrected chi connectivity index (χ2v) is 7.94. The van der Waals surface area contributed by atoms with E-state index in [1.807, 2.05) is 0 Å². The molecule has 2 aromatic rings. The van der Waals surface area contributed by atoms with Gasteiger partial charge >= 0.3 is 30.1 Å². The Labute approximate surface area is 211 Å². The molecule has 3 rings (SSSR count). The summed E-state index contributed by atoms with van der Waals surface area (Å²) >= 11 is 0. The Morgan fingerprint density at radius 1 is 0.921 bits per heavy atom. The molecule has 0 saturated carbocycles. The monoisotopic (exact) mass is 547 g/mol. The Morgan fingerprint density at radius 2 is 1.55 bits per heavy atom. The van der Waals surface area contributed by atoms with Crippen LogP contribution in [0.2, 0.25) is 0 Å². The smallest absolute Gasteiger partial charge is 0.459 e. The number of rotatable bonds is 9. The number of nitrogens with zero attached hydrogens (tertiary/aromatic N) is 1. The molecular formula is C25H20F7NO5. The second kappa shape index (κ2) is 10.8. The predicted molar refractivity (Wildman–Crippen MR) is 121 cm³/mol. The Kier molecular flexibility index (Phi) is 8.18. The molecule has 1 aliphatic carbocycles. The number of hydrogen-bond acceptors (Lipinski definition) is 6. The molecule has 1 atom stereocenters. The number of aliphatic imine (C=N–C) groups is 1. The molecule has 0 N–H and O–H groups in total. The van der Waals surface area contributed by atoms with Gasteiger partial charge in [0.2, 0.25) is 0 Å². The van der Waals surface area contributed by atoms with E-state index in [1.54, 1.807) is 24.3 Å². The summed E-state index contributed by atoms with van der Waals surface area (Å²) in [5.74, 6) is -13.4. The van der Waals surface area contributed by atoms with Gasteiger partial charge in [0.15, 0.2) is 0 Å². The van der Waals surface area contributed by atoms with Crippen molar-refractivity contribution in [1.29, 1.82) is 0 Å². The van der Waals surface area contributed by atoms with Crippen LogP contribution in [0.25, 0.3) is 11.1 Å². The fourth-order valence-corrected chi connectivity index (χ4v) is 3.93. The minimum absolute atomic E-state index is 0.239. The van der Waals surface area contributed by atoms with Gasteiger partial charge in [-0.05, 0) is 28.3 Å². The maximum absolute atomic E-state index is 14.5. The summed E-state index contributed by atoms with van der Waals surface area (Å²) in [5, 5.41) is 0. The molecule has 38 heavy (non-hydrogen) atoms. The van der Waals surface area contributed by atoms with Crippen LogP contribution in [-0.4, -0.2) is 62.7 Å². The van der Waals surface area contributed by atoms with Crippen LogP contribution in [0.3, 0.4) is 0 Å².